The van der Waals surface area contributed by atoms with E-state index in [1.165, 1.54) is 30.3 Å². The summed E-state index contributed by atoms with van der Waals surface area (Å²) < 4.78 is 46.1. The number of benzene rings is 2. The number of ether oxygens (including phenoxy) is 3. The second-order valence-corrected chi connectivity index (χ2v) is 7.12. The van der Waals surface area contributed by atoms with Crippen molar-refractivity contribution < 1.29 is 31.6 Å². The second kappa shape index (κ2) is 8.17. The molecule has 1 heterocycles. The lowest BCUT2D eigenvalue weighted by Gasteiger charge is -2.11. The number of hydrogen-bond acceptors (Lipinski definition) is 7. The molecule has 0 atom stereocenters. The summed E-state index contributed by atoms with van der Waals surface area (Å²) in [7, 11) is -4.09. The molecule has 0 bridgehead atoms. The lowest BCUT2D eigenvalue weighted by atomic mass is 10.3. The summed E-state index contributed by atoms with van der Waals surface area (Å²) in [6.45, 7) is 2.86. The second-order valence-electron chi connectivity index (χ2n) is 5.57. The number of anilines is 1. The molecule has 0 radical (unpaired) electrons. The van der Waals surface area contributed by atoms with Gasteiger partial charge >= 0.3 is 16.2 Å². The zero-order chi connectivity index (χ0) is 19.3. The minimum absolute atomic E-state index is 0.0522. The number of rotatable bonds is 5. The number of fused-ring (bicyclic) bond motifs is 1. The highest BCUT2D eigenvalue weighted by Crippen LogP contribution is 2.33. The summed E-state index contributed by atoms with van der Waals surface area (Å²) in [6, 6.07) is 10.3. The Hall–Kier alpha value is -2.94. The van der Waals surface area contributed by atoms with E-state index in [1.54, 1.807) is 19.1 Å². The van der Waals surface area contributed by atoms with Crippen molar-refractivity contribution in [2.45, 2.75) is 18.2 Å². The first kappa shape index (κ1) is 18.8. The highest BCUT2D eigenvalue weighted by atomic mass is 32.2. The monoisotopic (exact) mass is 393 g/mol. The van der Waals surface area contributed by atoms with Gasteiger partial charge in [-0.3, -0.25) is 5.32 Å². The van der Waals surface area contributed by atoms with Gasteiger partial charge in [0.25, 0.3) is 0 Å². The summed E-state index contributed by atoms with van der Waals surface area (Å²) in [5.74, 6) is 0.901. The highest BCUT2D eigenvalue weighted by Gasteiger charge is 2.21. The van der Waals surface area contributed by atoms with Crippen molar-refractivity contribution in [1.29, 1.82) is 0 Å². The Balaban J connectivity index is 1.78. The Morgan fingerprint density at radius 1 is 1.11 bits per heavy atom. The zero-order valence-corrected chi connectivity index (χ0v) is 15.5. The Kier molecular flexibility index (Phi) is 5.70. The maximum Gasteiger partial charge on any atom is 0.411 e. The van der Waals surface area contributed by atoms with Gasteiger partial charge in [-0.25, -0.2) is 4.79 Å². The zero-order valence-electron chi connectivity index (χ0n) is 14.6. The van der Waals surface area contributed by atoms with Gasteiger partial charge < -0.3 is 18.4 Å². The van der Waals surface area contributed by atoms with Gasteiger partial charge in [-0.05, 0) is 31.2 Å². The van der Waals surface area contributed by atoms with E-state index < -0.39 is 16.2 Å². The SMILES string of the molecule is CCOC(=O)Nc1cccc(OS(=O)(=O)c2ccc3c(c2)OCCCO3)c1. The maximum absolute atomic E-state index is 12.6. The first-order chi connectivity index (χ1) is 13.0. The number of amides is 1. The quantitative estimate of drug-likeness (QED) is 0.779. The van der Waals surface area contributed by atoms with Crippen molar-refractivity contribution in [3.8, 4) is 17.2 Å². The highest BCUT2D eigenvalue weighted by molar-refractivity contribution is 7.87. The van der Waals surface area contributed by atoms with Crippen LogP contribution in [0.15, 0.2) is 47.4 Å². The molecule has 3 rings (SSSR count). The van der Waals surface area contributed by atoms with Crippen LogP contribution in [-0.2, 0) is 14.9 Å². The van der Waals surface area contributed by atoms with Gasteiger partial charge in [0.05, 0.1) is 19.8 Å². The molecule has 0 aromatic heterocycles. The van der Waals surface area contributed by atoms with E-state index in [2.05, 4.69) is 5.32 Å². The lowest BCUT2D eigenvalue weighted by Crippen LogP contribution is -2.14. The average Bonchev–Trinajstić information content (AvgIpc) is 2.86. The molecule has 8 nitrogen and oxygen atoms in total. The van der Waals surface area contributed by atoms with E-state index in [1.807, 2.05) is 0 Å². The van der Waals surface area contributed by atoms with Crippen LogP contribution in [0.25, 0.3) is 0 Å². The van der Waals surface area contributed by atoms with Crippen LogP contribution in [0.4, 0.5) is 10.5 Å². The summed E-state index contributed by atoms with van der Waals surface area (Å²) >= 11 is 0. The van der Waals surface area contributed by atoms with Crippen LogP contribution >= 0.6 is 0 Å². The van der Waals surface area contributed by atoms with Crippen molar-refractivity contribution in [3.05, 3.63) is 42.5 Å². The van der Waals surface area contributed by atoms with Crippen LogP contribution in [-0.4, -0.2) is 34.3 Å². The summed E-state index contributed by atoms with van der Waals surface area (Å²) in [5, 5.41) is 2.48. The number of carbonyl (C=O) groups is 1. The fraction of sp³-hybridized carbons (Fsp3) is 0.278. The topological polar surface area (TPSA) is 100 Å². The number of carbonyl (C=O) groups excluding carboxylic acids is 1. The third-order valence-electron chi connectivity index (χ3n) is 3.57. The van der Waals surface area contributed by atoms with Gasteiger partial charge in [-0.2, -0.15) is 8.42 Å². The van der Waals surface area contributed by atoms with E-state index in [0.29, 0.717) is 36.8 Å². The van der Waals surface area contributed by atoms with E-state index in [-0.39, 0.29) is 17.3 Å². The van der Waals surface area contributed by atoms with Crippen LogP contribution in [0.3, 0.4) is 0 Å². The Labute approximate surface area is 157 Å². The molecule has 2 aromatic carbocycles. The van der Waals surface area contributed by atoms with Gasteiger partial charge in [-0.15, -0.1) is 0 Å². The van der Waals surface area contributed by atoms with Crippen molar-refractivity contribution >= 4 is 21.9 Å². The Morgan fingerprint density at radius 2 is 1.89 bits per heavy atom. The molecule has 0 aliphatic carbocycles. The predicted molar refractivity (Wildman–Crippen MR) is 96.9 cm³/mol. The molecule has 2 aromatic rings. The first-order valence-corrected chi connectivity index (χ1v) is 9.77. The lowest BCUT2D eigenvalue weighted by molar-refractivity contribution is 0.168. The van der Waals surface area contributed by atoms with Gasteiger partial charge in [0, 0.05) is 24.2 Å². The van der Waals surface area contributed by atoms with Crippen LogP contribution in [0.2, 0.25) is 0 Å². The van der Waals surface area contributed by atoms with Gasteiger partial charge in [0.1, 0.15) is 10.6 Å². The fourth-order valence-electron chi connectivity index (χ4n) is 2.38. The van der Waals surface area contributed by atoms with Crippen molar-refractivity contribution in [2.24, 2.45) is 0 Å². The van der Waals surface area contributed by atoms with Crippen molar-refractivity contribution in [1.82, 2.24) is 0 Å². The largest absolute Gasteiger partial charge is 0.490 e. The Morgan fingerprint density at radius 3 is 2.67 bits per heavy atom. The summed E-state index contributed by atoms with van der Waals surface area (Å²) in [4.78, 5) is 11.4. The minimum Gasteiger partial charge on any atom is -0.490 e. The maximum atomic E-state index is 12.6. The molecule has 1 N–H and O–H groups in total. The molecular formula is C18H19NO7S. The standard InChI is InChI=1S/C18H19NO7S/c1-2-23-18(20)19-13-5-3-6-14(11-13)26-27(21,22)15-7-8-16-17(12-15)25-10-4-9-24-16/h3,5-8,11-12H,2,4,9-10H2,1H3,(H,19,20). The minimum atomic E-state index is -4.09. The molecule has 1 aliphatic heterocycles. The predicted octanol–water partition coefficient (Wildman–Crippen LogP) is 3.18. The molecule has 27 heavy (non-hydrogen) atoms. The molecule has 0 spiro atoms. The first-order valence-electron chi connectivity index (χ1n) is 8.36. The molecule has 0 unspecified atom stereocenters. The molecule has 9 heteroatoms. The van der Waals surface area contributed by atoms with Gasteiger partial charge in [-0.1, -0.05) is 6.07 Å². The number of hydrogen-bond donors (Lipinski definition) is 1. The van der Waals surface area contributed by atoms with Crippen molar-refractivity contribution in [2.75, 3.05) is 25.1 Å². The number of nitrogens with one attached hydrogen (secondary N) is 1. The average molecular weight is 393 g/mol. The third-order valence-corrected chi connectivity index (χ3v) is 4.81. The van der Waals surface area contributed by atoms with Crippen LogP contribution < -0.4 is 19.0 Å². The molecule has 0 fully saturated rings. The summed E-state index contributed by atoms with van der Waals surface area (Å²) in [6.07, 6.45) is 0.0773. The smallest absolute Gasteiger partial charge is 0.411 e. The summed E-state index contributed by atoms with van der Waals surface area (Å²) in [5.41, 5.74) is 0.347. The van der Waals surface area contributed by atoms with Gasteiger partial charge in [0.2, 0.25) is 0 Å². The normalized spacial score (nSPS) is 13.4. The Bertz CT molecular complexity index is 927. The van der Waals surface area contributed by atoms with Gasteiger partial charge in [0.15, 0.2) is 11.5 Å². The molecule has 1 aliphatic rings. The van der Waals surface area contributed by atoms with Crippen LogP contribution in [0.1, 0.15) is 13.3 Å². The van der Waals surface area contributed by atoms with E-state index in [0.717, 1.165) is 0 Å². The van der Waals surface area contributed by atoms with Crippen LogP contribution in [0, 0.1) is 0 Å². The third kappa shape index (κ3) is 4.82. The fourth-order valence-corrected chi connectivity index (χ4v) is 3.32. The van der Waals surface area contributed by atoms with E-state index in [9.17, 15) is 13.2 Å². The molecule has 0 saturated carbocycles. The van der Waals surface area contributed by atoms with E-state index >= 15 is 0 Å². The van der Waals surface area contributed by atoms with E-state index in [4.69, 9.17) is 18.4 Å². The van der Waals surface area contributed by atoms with Crippen molar-refractivity contribution in [3.63, 3.8) is 0 Å². The molecule has 0 saturated heterocycles. The molecular weight excluding hydrogens is 374 g/mol. The van der Waals surface area contributed by atoms with Crippen LogP contribution in [0.5, 0.6) is 17.2 Å². The molecule has 1 amide bonds. The molecule has 144 valence electrons.